The maximum absolute atomic E-state index is 13.6. The Hall–Kier alpha value is -4.13. The number of fused-ring (bicyclic) bond motifs is 1. The predicted molar refractivity (Wildman–Crippen MR) is 150 cm³/mol. The van der Waals surface area contributed by atoms with Crippen molar-refractivity contribution in [1.29, 1.82) is 0 Å². The fraction of sp³-hybridized carbons (Fsp3) is 0.312. The molecule has 4 aromatic rings. The molecule has 2 N–H and O–H groups in total. The van der Waals surface area contributed by atoms with E-state index < -0.39 is 0 Å². The Morgan fingerprint density at radius 2 is 1.72 bits per heavy atom. The molecule has 5 rings (SSSR count). The first kappa shape index (κ1) is 26.5. The van der Waals surface area contributed by atoms with Crippen LogP contribution in [0.1, 0.15) is 53.8 Å². The summed E-state index contributed by atoms with van der Waals surface area (Å²) in [6, 6.07) is 17.0. The van der Waals surface area contributed by atoms with E-state index in [-0.39, 0.29) is 17.6 Å². The Bertz CT molecular complexity index is 1500. The van der Waals surface area contributed by atoms with E-state index in [0.29, 0.717) is 64.2 Å². The fourth-order valence-electron chi connectivity index (χ4n) is 4.68. The van der Waals surface area contributed by atoms with Crippen molar-refractivity contribution in [2.45, 2.75) is 33.1 Å². The van der Waals surface area contributed by atoms with Gasteiger partial charge < -0.3 is 19.8 Å². The van der Waals surface area contributed by atoms with Crippen LogP contribution in [0.2, 0.25) is 0 Å². The van der Waals surface area contributed by atoms with Gasteiger partial charge in [0.25, 0.3) is 11.8 Å². The van der Waals surface area contributed by atoms with Crippen LogP contribution >= 0.6 is 0 Å². The van der Waals surface area contributed by atoms with Crippen molar-refractivity contribution in [3.05, 3.63) is 77.6 Å². The van der Waals surface area contributed by atoms with Gasteiger partial charge in [-0.05, 0) is 90.4 Å². The molecule has 0 atom stereocenters. The number of halogens is 1. The lowest BCUT2D eigenvalue weighted by atomic mass is 9.86. The molecule has 6 nitrogen and oxygen atoms in total. The number of carbonyl (C=O) groups excluding carboxylic acids is 2. The molecule has 1 fully saturated rings. The highest BCUT2D eigenvalue weighted by Crippen LogP contribution is 2.37. The van der Waals surface area contributed by atoms with Crippen molar-refractivity contribution in [3.8, 4) is 28.2 Å². The molecule has 7 heteroatoms. The quantitative estimate of drug-likeness (QED) is 0.250. The minimum absolute atomic E-state index is 0.159. The predicted octanol–water partition coefficient (Wildman–Crippen LogP) is 6.83. The summed E-state index contributed by atoms with van der Waals surface area (Å²) in [4.78, 5) is 26.0. The van der Waals surface area contributed by atoms with E-state index in [4.69, 9.17) is 9.15 Å². The fourth-order valence-corrected chi connectivity index (χ4v) is 4.68. The summed E-state index contributed by atoms with van der Waals surface area (Å²) in [6.45, 7) is 5.30. The molecule has 1 aliphatic carbocycles. The summed E-state index contributed by atoms with van der Waals surface area (Å²) < 4.78 is 25.8. The molecular formula is C32H33FN2O4. The highest BCUT2D eigenvalue weighted by Gasteiger charge is 2.23. The summed E-state index contributed by atoms with van der Waals surface area (Å²) in [7, 11) is 1.56. The van der Waals surface area contributed by atoms with Crippen LogP contribution in [0.15, 0.2) is 65.1 Å². The van der Waals surface area contributed by atoms with Gasteiger partial charge in [0.05, 0.1) is 12.2 Å². The smallest absolute Gasteiger partial charge is 0.255 e. The van der Waals surface area contributed by atoms with Crippen LogP contribution in [0, 0.1) is 17.7 Å². The van der Waals surface area contributed by atoms with E-state index >= 15 is 0 Å². The number of hydrogen-bond acceptors (Lipinski definition) is 4. The lowest BCUT2D eigenvalue weighted by Crippen LogP contribution is -2.27. The van der Waals surface area contributed by atoms with Crippen molar-refractivity contribution in [2.24, 2.45) is 11.8 Å². The number of hydrogen-bond donors (Lipinski definition) is 2. The Labute approximate surface area is 227 Å². The van der Waals surface area contributed by atoms with Gasteiger partial charge in [0.1, 0.15) is 22.9 Å². The van der Waals surface area contributed by atoms with Crippen LogP contribution in [-0.2, 0) is 0 Å². The van der Waals surface area contributed by atoms with E-state index in [1.54, 1.807) is 25.2 Å². The number of ether oxygens (including phenoxy) is 1. The summed E-state index contributed by atoms with van der Waals surface area (Å²) >= 11 is 0. The highest BCUT2D eigenvalue weighted by molar-refractivity contribution is 6.12. The summed E-state index contributed by atoms with van der Waals surface area (Å²) in [5, 5.41) is 6.30. The Morgan fingerprint density at radius 1 is 0.974 bits per heavy atom. The normalized spacial score (nSPS) is 13.4. The average molecular weight is 529 g/mol. The molecule has 0 unspecified atom stereocenters. The summed E-state index contributed by atoms with van der Waals surface area (Å²) in [5.41, 5.74) is 3.62. The maximum Gasteiger partial charge on any atom is 0.255 e. The van der Waals surface area contributed by atoms with Crippen LogP contribution in [-0.4, -0.2) is 32.0 Å². The van der Waals surface area contributed by atoms with Gasteiger partial charge in [0.2, 0.25) is 0 Å². The summed E-state index contributed by atoms with van der Waals surface area (Å²) in [5.74, 6) is 1.05. The van der Waals surface area contributed by atoms with E-state index in [2.05, 4.69) is 10.6 Å². The number of benzene rings is 3. The average Bonchev–Trinajstić information content (AvgIpc) is 3.29. The minimum Gasteiger partial charge on any atom is -0.493 e. The van der Waals surface area contributed by atoms with Crippen molar-refractivity contribution in [2.75, 3.05) is 20.2 Å². The zero-order valence-corrected chi connectivity index (χ0v) is 22.5. The molecule has 1 saturated carbocycles. The van der Waals surface area contributed by atoms with E-state index in [1.165, 1.54) is 18.6 Å². The van der Waals surface area contributed by atoms with Gasteiger partial charge in [-0.3, -0.25) is 9.59 Å². The first-order valence-electron chi connectivity index (χ1n) is 13.4. The van der Waals surface area contributed by atoms with E-state index in [1.807, 2.05) is 44.2 Å². The number of nitrogens with one attached hydrogen (secondary N) is 2. The topological polar surface area (TPSA) is 80.6 Å². The molecule has 3 aromatic carbocycles. The third-order valence-corrected chi connectivity index (χ3v) is 7.13. The molecule has 1 heterocycles. The molecule has 39 heavy (non-hydrogen) atoms. The number of amides is 2. The molecule has 0 saturated heterocycles. The summed E-state index contributed by atoms with van der Waals surface area (Å²) in [6.07, 6.45) is 3.56. The number of rotatable bonds is 9. The standard InChI is InChI=1S/C32H33FN2O4/c1-19(2)17-35-31(36)24-13-23(14-26(15-24)38-18-20-5-4-6-20)22-9-12-28-27(16-22)29(32(37)34-3)30(39-28)21-7-10-25(33)11-8-21/h7-16,19-20H,4-6,17-18H2,1-3H3,(H,34,37)(H,35,36). The largest absolute Gasteiger partial charge is 0.493 e. The Kier molecular flexibility index (Phi) is 7.68. The van der Waals surface area contributed by atoms with Gasteiger partial charge >= 0.3 is 0 Å². The molecule has 0 aliphatic heterocycles. The van der Waals surface area contributed by atoms with E-state index in [9.17, 15) is 14.0 Å². The second-order valence-corrected chi connectivity index (χ2v) is 10.6. The van der Waals surface area contributed by atoms with Gasteiger partial charge in [-0.25, -0.2) is 4.39 Å². The molecule has 1 aliphatic rings. The minimum atomic E-state index is -0.369. The molecule has 0 spiro atoms. The lowest BCUT2D eigenvalue weighted by molar-refractivity contribution is 0.0945. The molecule has 1 aromatic heterocycles. The second kappa shape index (κ2) is 11.3. The van der Waals surface area contributed by atoms with Crippen molar-refractivity contribution in [1.82, 2.24) is 10.6 Å². The third kappa shape index (κ3) is 5.82. The van der Waals surface area contributed by atoms with Gasteiger partial charge in [-0.2, -0.15) is 0 Å². The Morgan fingerprint density at radius 3 is 2.38 bits per heavy atom. The van der Waals surface area contributed by atoms with E-state index in [0.717, 1.165) is 24.0 Å². The number of furan rings is 1. The number of carbonyl (C=O) groups is 2. The third-order valence-electron chi connectivity index (χ3n) is 7.13. The van der Waals surface area contributed by atoms with Crippen LogP contribution < -0.4 is 15.4 Å². The first-order chi connectivity index (χ1) is 18.8. The molecule has 202 valence electrons. The molecule has 2 amide bonds. The molecule has 0 bridgehead atoms. The Balaban J connectivity index is 1.57. The zero-order chi connectivity index (χ0) is 27.5. The van der Waals surface area contributed by atoms with Crippen molar-refractivity contribution < 1.29 is 23.1 Å². The highest BCUT2D eigenvalue weighted by atomic mass is 19.1. The van der Waals surface area contributed by atoms with Gasteiger partial charge in [0.15, 0.2) is 0 Å². The van der Waals surface area contributed by atoms with Crippen LogP contribution in [0.25, 0.3) is 33.4 Å². The molecule has 0 radical (unpaired) electrons. The SMILES string of the molecule is CNC(=O)c1c(-c2ccc(F)cc2)oc2ccc(-c3cc(OCC4CCC4)cc(C(=O)NCC(C)C)c3)cc12. The van der Waals surface area contributed by atoms with Gasteiger partial charge in [0, 0.05) is 30.1 Å². The van der Waals surface area contributed by atoms with Crippen LogP contribution in [0.5, 0.6) is 5.75 Å². The van der Waals surface area contributed by atoms with Crippen LogP contribution in [0.4, 0.5) is 4.39 Å². The van der Waals surface area contributed by atoms with Crippen LogP contribution in [0.3, 0.4) is 0 Å². The van der Waals surface area contributed by atoms with Gasteiger partial charge in [-0.1, -0.05) is 26.3 Å². The maximum atomic E-state index is 13.6. The van der Waals surface area contributed by atoms with Gasteiger partial charge in [-0.15, -0.1) is 0 Å². The first-order valence-corrected chi connectivity index (χ1v) is 13.4. The monoisotopic (exact) mass is 528 g/mol. The second-order valence-electron chi connectivity index (χ2n) is 10.6. The lowest BCUT2D eigenvalue weighted by Gasteiger charge is -2.25. The molecular weight excluding hydrogens is 495 g/mol. The van der Waals surface area contributed by atoms with Crippen molar-refractivity contribution >= 4 is 22.8 Å². The zero-order valence-electron chi connectivity index (χ0n) is 22.5. The van der Waals surface area contributed by atoms with Crippen molar-refractivity contribution in [3.63, 3.8) is 0 Å².